The Labute approximate surface area is 295 Å². The minimum atomic E-state index is -5.82. The maximum absolute atomic E-state index is 13.0. The molecule has 0 amide bonds. The van der Waals surface area contributed by atoms with Crippen LogP contribution in [0.2, 0.25) is 0 Å². The summed E-state index contributed by atoms with van der Waals surface area (Å²) in [5, 5.41) is 6.64. The third-order valence-corrected chi connectivity index (χ3v) is 10.6. The summed E-state index contributed by atoms with van der Waals surface area (Å²) in [6.45, 7) is -2.11. The van der Waals surface area contributed by atoms with E-state index in [0.29, 0.717) is 11.3 Å². The zero-order chi connectivity index (χ0) is 39.0. The molecular weight excluding hydrogens is 777 g/mol. The Bertz CT molecular complexity index is 2240. The van der Waals surface area contributed by atoms with Gasteiger partial charge >= 0.3 is 29.4 Å². The Morgan fingerprint density at radius 3 is 2.58 bits per heavy atom. The van der Waals surface area contributed by atoms with E-state index in [-0.39, 0.29) is 41.1 Å². The van der Waals surface area contributed by atoms with Gasteiger partial charge in [-0.2, -0.15) is 13.6 Å². The number of fused-ring (bicyclic) bond motifs is 1. The van der Waals surface area contributed by atoms with Crippen molar-refractivity contribution in [2.24, 2.45) is 10.2 Å². The van der Waals surface area contributed by atoms with E-state index in [1.807, 2.05) is 0 Å². The lowest BCUT2D eigenvalue weighted by molar-refractivity contribution is -0.0581. The number of carbonyl (C=O) groups is 1. The van der Waals surface area contributed by atoms with E-state index in [0.717, 1.165) is 0 Å². The van der Waals surface area contributed by atoms with Crippen molar-refractivity contribution in [3.8, 4) is 17.6 Å². The lowest BCUT2D eigenvalue weighted by atomic mass is 10.1. The number of aromatic nitrogens is 3. The fourth-order valence-corrected chi connectivity index (χ4v) is 7.78. The smallest absolute Gasteiger partial charge is 0.490 e. The molecule has 0 saturated carbocycles. The average molecular weight is 804 g/mol. The topological polar surface area (TPSA) is 388 Å². The second-order valence-corrected chi connectivity index (χ2v) is 14.6. The summed E-state index contributed by atoms with van der Waals surface area (Å²) in [5.74, 6) is 4.63. The molecule has 3 aromatic rings. The SMILES string of the molecule is COc1ccc(C(=O)OCC#Cc2cn([C@H]3CC(OCN=[N+]=[N-])[C@@H](COP(=O)(O)OP(=O)(O)OP(=O)(O)O)O3)c3nc(N)[nH]c(=O)c23)c(CN=[N+]=[N-])c1. The van der Waals surface area contributed by atoms with Crippen molar-refractivity contribution in [3.05, 3.63) is 72.3 Å². The number of carbonyl (C=O) groups excluding carboxylic acids is 1. The van der Waals surface area contributed by atoms with Gasteiger partial charge in [-0.15, -0.1) is 0 Å². The number of hydrogen-bond acceptors (Lipinski definition) is 16. The Hall–Kier alpha value is -4.78. The second-order valence-electron chi connectivity index (χ2n) is 10.2. The van der Waals surface area contributed by atoms with Crippen LogP contribution in [0.3, 0.4) is 0 Å². The fourth-order valence-electron chi connectivity index (χ4n) is 4.75. The van der Waals surface area contributed by atoms with Gasteiger partial charge in [0.2, 0.25) is 5.95 Å². The number of ether oxygens (including phenoxy) is 4. The largest absolute Gasteiger partial charge is 0.497 e. The van der Waals surface area contributed by atoms with E-state index in [9.17, 15) is 33.1 Å². The molecule has 3 heterocycles. The first kappa shape index (κ1) is 41.0. The second kappa shape index (κ2) is 17.4. The van der Waals surface area contributed by atoms with Crippen molar-refractivity contribution >= 4 is 46.4 Å². The minimum absolute atomic E-state index is 0.0548. The molecule has 0 bridgehead atoms. The van der Waals surface area contributed by atoms with Crippen LogP contribution in [0.15, 0.2) is 39.4 Å². The zero-order valence-corrected chi connectivity index (χ0v) is 29.4. The quantitative estimate of drug-likeness (QED) is 0.0302. The molecule has 1 aliphatic heterocycles. The number of aromatic amines is 1. The van der Waals surface area contributed by atoms with Gasteiger partial charge in [0.15, 0.2) is 12.3 Å². The number of nitrogen functional groups attached to an aromatic ring is 1. The van der Waals surface area contributed by atoms with Gasteiger partial charge in [-0.3, -0.25) is 14.3 Å². The van der Waals surface area contributed by atoms with Crippen LogP contribution < -0.4 is 16.0 Å². The van der Waals surface area contributed by atoms with Crippen LogP contribution in [0.25, 0.3) is 31.9 Å². The van der Waals surface area contributed by atoms with E-state index in [1.54, 1.807) is 0 Å². The number of phosphoric acid groups is 3. The highest BCUT2D eigenvalue weighted by atomic mass is 31.3. The standard InChI is InChI=1S/C24H27N10O16P3/c1-44-15-4-5-16(14(7-15)9-28-32-26)23(36)45-6-2-3-13-10-34(21-20(13)22(35)31-24(25)30-21)19-8-17(46-12-29-33-27)18(48-19)11-47-52(40,41)50-53(42,43)49-51(37,38)39/h4-5,7,10,17-19H,6,8-9,11-12H2,1H3,(H,40,41)(H,42,43)(H2,37,38,39)(H3,25,30,31,35)/t17?,18-,19-/m1/s1. The number of hydrogen-bond donors (Lipinski definition) is 6. The third kappa shape index (κ3) is 11.4. The van der Waals surface area contributed by atoms with Gasteiger partial charge in [0.1, 0.15) is 24.8 Å². The van der Waals surface area contributed by atoms with Gasteiger partial charge in [0, 0.05) is 22.4 Å². The minimum Gasteiger partial charge on any atom is -0.497 e. The van der Waals surface area contributed by atoms with Crippen molar-refractivity contribution in [1.29, 1.82) is 0 Å². The Balaban J connectivity index is 1.57. The molecule has 53 heavy (non-hydrogen) atoms. The summed E-state index contributed by atoms with van der Waals surface area (Å²) in [4.78, 5) is 74.3. The summed E-state index contributed by atoms with van der Waals surface area (Å²) in [7, 11) is -15.6. The number of anilines is 1. The Morgan fingerprint density at radius 2 is 1.91 bits per heavy atom. The van der Waals surface area contributed by atoms with Crippen molar-refractivity contribution in [2.75, 3.05) is 32.8 Å². The third-order valence-electron chi connectivity index (χ3n) is 6.75. The highest BCUT2D eigenvalue weighted by Crippen LogP contribution is 2.66. The van der Waals surface area contributed by atoms with Crippen LogP contribution in [0, 0.1) is 11.8 Å². The van der Waals surface area contributed by atoms with Crippen LogP contribution in [-0.4, -0.2) is 79.3 Å². The van der Waals surface area contributed by atoms with E-state index in [1.165, 1.54) is 36.1 Å². The van der Waals surface area contributed by atoms with Crippen molar-refractivity contribution < 1.29 is 70.2 Å². The van der Waals surface area contributed by atoms with E-state index in [2.05, 4.69) is 50.5 Å². The molecule has 3 unspecified atom stereocenters. The molecule has 284 valence electrons. The number of nitrogens with zero attached hydrogens (tertiary/aromatic N) is 8. The van der Waals surface area contributed by atoms with E-state index >= 15 is 0 Å². The lowest BCUT2D eigenvalue weighted by Crippen LogP contribution is -2.29. The lowest BCUT2D eigenvalue weighted by Gasteiger charge is -2.21. The number of nitrogens with one attached hydrogen (secondary N) is 1. The van der Waals surface area contributed by atoms with Gasteiger partial charge in [-0.1, -0.05) is 22.1 Å². The van der Waals surface area contributed by atoms with Gasteiger partial charge in [0.25, 0.3) is 5.56 Å². The van der Waals surface area contributed by atoms with Crippen LogP contribution in [-0.2, 0) is 47.6 Å². The number of rotatable bonds is 16. The molecule has 0 radical (unpaired) electrons. The molecule has 0 spiro atoms. The number of H-pyrrole nitrogens is 1. The molecule has 4 rings (SSSR count). The summed E-state index contributed by atoms with van der Waals surface area (Å²) < 4.78 is 70.2. The first-order chi connectivity index (χ1) is 25.0. The molecule has 1 fully saturated rings. The first-order valence-electron chi connectivity index (χ1n) is 14.3. The molecule has 0 aliphatic carbocycles. The number of phosphoric ester groups is 1. The molecule has 26 nitrogen and oxygen atoms in total. The summed E-state index contributed by atoms with van der Waals surface area (Å²) in [5.41, 5.74) is 22.8. The van der Waals surface area contributed by atoms with Gasteiger partial charge < -0.3 is 48.8 Å². The van der Waals surface area contributed by atoms with Crippen molar-refractivity contribution in [2.45, 2.75) is 31.4 Å². The predicted octanol–water partition coefficient (Wildman–Crippen LogP) is 2.62. The van der Waals surface area contributed by atoms with Crippen LogP contribution in [0.1, 0.15) is 34.1 Å². The predicted molar refractivity (Wildman–Crippen MR) is 175 cm³/mol. The van der Waals surface area contributed by atoms with Crippen molar-refractivity contribution in [3.63, 3.8) is 0 Å². The van der Waals surface area contributed by atoms with E-state index in [4.69, 9.17) is 50.1 Å². The molecule has 1 aliphatic rings. The summed E-state index contributed by atoms with van der Waals surface area (Å²) in [6, 6.07) is 4.42. The highest BCUT2D eigenvalue weighted by Gasteiger charge is 2.43. The molecule has 5 atom stereocenters. The molecule has 2 aromatic heterocycles. The molecule has 1 aromatic carbocycles. The summed E-state index contributed by atoms with van der Waals surface area (Å²) >= 11 is 0. The molecule has 7 N–H and O–H groups in total. The highest BCUT2D eigenvalue weighted by molar-refractivity contribution is 7.66. The number of benzene rings is 1. The van der Waals surface area contributed by atoms with Crippen LogP contribution >= 0.6 is 23.5 Å². The summed E-state index contributed by atoms with van der Waals surface area (Å²) in [6.07, 6.45) is -2.33. The molecule has 1 saturated heterocycles. The zero-order valence-electron chi connectivity index (χ0n) is 26.8. The maximum Gasteiger partial charge on any atom is 0.490 e. The fraction of sp³-hybridized carbons (Fsp3) is 0.375. The first-order valence-corrected chi connectivity index (χ1v) is 18.8. The maximum atomic E-state index is 13.0. The Kier molecular flexibility index (Phi) is 13.4. The van der Waals surface area contributed by atoms with Crippen LogP contribution in [0.4, 0.5) is 5.95 Å². The van der Waals surface area contributed by atoms with Crippen LogP contribution in [0.5, 0.6) is 5.75 Å². The Morgan fingerprint density at radius 1 is 1.17 bits per heavy atom. The molecular formula is C24H27N10O16P3. The average Bonchev–Trinajstić information content (AvgIpc) is 3.64. The molecule has 29 heteroatoms. The van der Waals surface area contributed by atoms with E-state index < -0.39 is 73.4 Å². The van der Waals surface area contributed by atoms with Gasteiger partial charge in [0.05, 0.1) is 42.9 Å². The number of esters is 1. The number of nitrogens with two attached hydrogens (primary N) is 1. The van der Waals surface area contributed by atoms with Gasteiger partial charge in [-0.05, 0) is 34.8 Å². The normalized spacial score (nSPS) is 19.2. The number of methoxy groups -OCH3 is 1. The monoisotopic (exact) mass is 804 g/mol. The van der Waals surface area contributed by atoms with Gasteiger partial charge in [-0.25, -0.2) is 18.5 Å². The number of azide groups is 2. The van der Waals surface area contributed by atoms with Crippen molar-refractivity contribution in [1.82, 2.24) is 14.5 Å².